The summed E-state index contributed by atoms with van der Waals surface area (Å²) < 4.78 is 31.3. The van der Waals surface area contributed by atoms with E-state index in [4.69, 9.17) is 10.5 Å². The van der Waals surface area contributed by atoms with Gasteiger partial charge in [0.15, 0.2) is 0 Å². The Morgan fingerprint density at radius 2 is 2.21 bits per heavy atom. The van der Waals surface area contributed by atoms with E-state index in [0.717, 1.165) is 24.1 Å². The standard InChI is InChI=1S/C13H20N2O3S/c1-2-18-8-9-19(16,17)15-7-3-4-11-10-12(14)5-6-13(11)15/h5-6,10H,2-4,7-9,14H2,1H3. The van der Waals surface area contributed by atoms with Crippen LogP contribution < -0.4 is 10.0 Å². The lowest BCUT2D eigenvalue weighted by Gasteiger charge is -2.30. The highest BCUT2D eigenvalue weighted by molar-refractivity contribution is 7.92. The number of hydrogen-bond donors (Lipinski definition) is 1. The van der Waals surface area contributed by atoms with Gasteiger partial charge in [-0.1, -0.05) is 0 Å². The summed E-state index contributed by atoms with van der Waals surface area (Å²) in [6, 6.07) is 5.40. The Balaban J connectivity index is 2.23. The average molecular weight is 284 g/mol. The molecule has 106 valence electrons. The highest BCUT2D eigenvalue weighted by Gasteiger charge is 2.27. The third-order valence-corrected chi connectivity index (χ3v) is 4.94. The second kappa shape index (κ2) is 5.79. The van der Waals surface area contributed by atoms with Gasteiger partial charge in [-0.2, -0.15) is 0 Å². The lowest BCUT2D eigenvalue weighted by Crippen LogP contribution is -2.38. The summed E-state index contributed by atoms with van der Waals surface area (Å²) in [5, 5.41) is 0. The van der Waals surface area contributed by atoms with E-state index in [1.807, 2.05) is 13.0 Å². The molecule has 0 unspecified atom stereocenters. The molecular weight excluding hydrogens is 264 g/mol. The molecule has 19 heavy (non-hydrogen) atoms. The van der Waals surface area contributed by atoms with Crippen LogP contribution >= 0.6 is 0 Å². The predicted molar refractivity (Wildman–Crippen MR) is 76.8 cm³/mol. The van der Waals surface area contributed by atoms with Gasteiger partial charge in [0.05, 0.1) is 18.0 Å². The molecule has 0 spiro atoms. The van der Waals surface area contributed by atoms with Crippen molar-refractivity contribution in [1.29, 1.82) is 0 Å². The minimum Gasteiger partial charge on any atom is -0.399 e. The molecular formula is C13H20N2O3S. The smallest absolute Gasteiger partial charge is 0.237 e. The molecule has 1 aliphatic rings. The van der Waals surface area contributed by atoms with Gasteiger partial charge in [0, 0.05) is 18.8 Å². The van der Waals surface area contributed by atoms with Crippen molar-refractivity contribution in [2.24, 2.45) is 0 Å². The number of fused-ring (bicyclic) bond motifs is 1. The maximum Gasteiger partial charge on any atom is 0.237 e. The van der Waals surface area contributed by atoms with Gasteiger partial charge in [0.25, 0.3) is 0 Å². The van der Waals surface area contributed by atoms with Crippen LogP contribution in [0.15, 0.2) is 18.2 Å². The van der Waals surface area contributed by atoms with E-state index in [1.165, 1.54) is 4.31 Å². The number of sulfonamides is 1. The first-order chi connectivity index (χ1) is 9.04. The molecule has 6 heteroatoms. The Morgan fingerprint density at radius 3 is 2.95 bits per heavy atom. The SMILES string of the molecule is CCOCCS(=O)(=O)N1CCCc2cc(N)ccc21. The van der Waals surface area contributed by atoms with E-state index in [1.54, 1.807) is 12.1 Å². The van der Waals surface area contributed by atoms with Gasteiger partial charge in [-0.25, -0.2) is 8.42 Å². The summed E-state index contributed by atoms with van der Waals surface area (Å²) in [7, 11) is -3.31. The number of ether oxygens (including phenoxy) is 1. The molecule has 0 aliphatic carbocycles. The van der Waals surface area contributed by atoms with E-state index < -0.39 is 10.0 Å². The highest BCUT2D eigenvalue weighted by Crippen LogP contribution is 2.30. The molecule has 0 saturated carbocycles. The quantitative estimate of drug-likeness (QED) is 0.655. The first kappa shape index (κ1) is 14.1. The monoisotopic (exact) mass is 284 g/mol. The number of nitrogens with zero attached hydrogens (tertiary/aromatic N) is 1. The Hall–Kier alpha value is -1.27. The zero-order chi connectivity index (χ0) is 13.9. The predicted octanol–water partition coefficient (Wildman–Crippen LogP) is 1.39. The van der Waals surface area contributed by atoms with Gasteiger partial charge in [0.1, 0.15) is 0 Å². The van der Waals surface area contributed by atoms with Crippen molar-refractivity contribution in [3.63, 3.8) is 0 Å². The number of aryl methyl sites for hydroxylation is 1. The largest absolute Gasteiger partial charge is 0.399 e. The van der Waals surface area contributed by atoms with Crippen LogP contribution in [0.4, 0.5) is 11.4 Å². The van der Waals surface area contributed by atoms with Crippen LogP contribution in [-0.4, -0.2) is 33.9 Å². The third kappa shape index (κ3) is 3.19. The lowest BCUT2D eigenvalue weighted by molar-refractivity contribution is 0.163. The molecule has 5 nitrogen and oxygen atoms in total. The van der Waals surface area contributed by atoms with Crippen molar-refractivity contribution in [1.82, 2.24) is 0 Å². The summed E-state index contributed by atoms with van der Waals surface area (Å²) >= 11 is 0. The maximum absolute atomic E-state index is 12.3. The number of nitrogens with two attached hydrogens (primary N) is 1. The van der Waals surface area contributed by atoms with Crippen LogP contribution in [0.1, 0.15) is 18.9 Å². The second-order valence-electron chi connectivity index (χ2n) is 4.58. The van der Waals surface area contributed by atoms with Gasteiger partial charge in [0.2, 0.25) is 10.0 Å². The Morgan fingerprint density at radius 1 is 1.42 bits per heavy atom. The highest BCUT2D eigenvalue weighted by atomic mass is 32.2. The van der Waals surface area contributed by atoms with E-state index >= 15 is 0 Å². The Labute approximate surface area is 114 Å². The zero-order valence-electron chi connectivity index (χ0n) is 11.1. The van der Waals surface area contributed by atoms with Gasteiger partial charge < -0.3 is 10.5 Å². The molecule has 1 heterocycles. The number of benzene rings is 1. The van der Waals surface area contributed by atoms with Crippen molar-refractivity contribution in [3.8, 4) is 0 Å². The summed E-state index contributed by atoms with van der Waals surface area (Å²) in [5.41, 5.74) is 8.19. The minimum atomic E-state index is -3.31. The first-order valence-corrected chi connectivity index (χ1v) is 8.12. The number of hydrogen-bond acceptors (Lipinski definition) is 4. The molecule has 2 rings (SSSR count). The molecule has 0 amide bonds. The van der Waals surface area contributed by atoms with Crippen molar-refractivity contribution < 1.29 is 13.2 Å². The normalized spacial score (nSPS) is 15.3. The molecule has 1 aromatic rings. The molecule has 0 radical (unpaired) electrons. The van der Waals surface area contributed by atoms with Crippen LogP contribution in [0, 0.1) is 0 Å². The summed E-state index contributed by atoms with van der Waals surface area (Å²) in [4.78, 5) is 0. The molecule has 0 bridgehead atoms. The Bertz CT molecular complexity index is 543. The second-order valence-corrected chi connectivity index (χ2v) is 6.59. The fourth-order valence-corrected chi connectivity index (χ4v) is 3.72. The van der Waals surface area contributed by atoms with Gasteiger partial charge >= 0.3 is 0 Å². The van der Waals surface area contributed by atoms with Gasteiger partial charge in [-0.05, 0) is 43.5 Å². The molecule has 0 saturated heterocycles. The fraction of sp³-hybridized carbons (Fsp3) is 0.538. The summed E-state index contributed by atoms with van der Waals surface area (Å²) in [6.07, 6.45) is 1.70. The van der Waals surface area contributed by atoms with E-state index in [0.29, 0.717) is 18.8 Å². The molecule has 0 atom stereocenters. The van der Waals surface area contributed by atoms with Crippen LogP contribution in [0.3, 0.4) is 0 Å². The Kier molecular flexibility index (Phi) is 4.31. The number of rotatable bonds is 5. The zero-order valence-corrected chi connectivity index (χ0v) is 11.9. The fourth-order valence-electron chi connectivity index (χ4n) is 2.29. The maximum atomic E-state index is 12.3. The lowest BCUT2D eigenvalue weighted by atomic mass is 10.0. The summed E-state index contributed by atoms with van der Waals surface area (Å²) in [5.74, 6) is 0.0185. The molecule has 0 fully saturated rings. The average Bonchev–Trinajstić information content (AvgIpc) is 2.37. The van der Waals surface area contributed by atoms with E-state index in [-0.39, 0.29) is 12.4 Å². The topological polar surface area (TPSA) is 72.6 Å². The van der Waals surface area contributed by atoms with Gasteiger partial charge in [-0.3, -0.25) is 4.31 Å². The summed E-state index contributed by atoms with van der Waals surface area (Å²) in [6.45, 7) is 3.15. The molecule has 1 aliphatic heterocycles. The first-order valence-electron chi connectivity index (χ1n) is 6.51. The third-order valence-electron chi connectivity index (χ3n) is 3.21. The van der Waals surface area contributed by atoms with Gasteiger partial charge in [-0.15, -0.1) is 0 Å². The minimum absolute atomic E-state index is 0.0185. The molecule has 0 aromatic heterocycles. The van der Waals surface area contributed by atoms with E-state index in [9.17, 15) is 8.42 Å². The van der Waals surface area contributed by atoms with Crippen LogP contribution in [0.25, 0.3) is 0 Å². The number of anilines is 2. The van der Waals surface area contributed by atoms with E-state index in [2.05, 4.69) is 0 Å². The van der Waals surface area contributed by atoms with Crippen molar-refractivity contribution in [2.45, 2.75) is 19.8 Å². The number of nitrogen functional groups attached to an aromatic ring is 1. The van der Waals surface area contributed by atoms with Crippen LogP contribution in [-0.2, 0) is 21.2 Å². The molecule has 1 aromatic carbocycles. The van der Waals surface area contributed by atoms with Crippen molar-refractivity contribution >= 4 is 21.4 Å². The molecule has 2 N–H and O–H groups in total. The van der Waals surface area contributed by atoms with Crippen LogP contribution in [0.2, 0.25) is 0 Å². The van der Waals surface area contributed by atoms with Crippen molar-refractivity contribution in [2.75, 3.05) is 35.6 Å². The van der Waals surface area contributed by atoms with Crippen molar-refractivity contribution in [3.05, 3.63) is 23.8 Å². The van der Waals surface area contributed by atoms with Crippen LogP contribution in [0.5, 0.6) is 0 Å².